The van der Waals surface area contributed by atoms with Crippen LogP contribution < -0.4 is 0 Å². The Kier molecular flexibility index (Phi) is 4.85. The van der Waals surface area contributed by atoms with Crippen molar-refractivity contribution in [2.45, 2.75) is 19.1 Å². The summed E-state index contributed by atoms with van der Waals surface area (Å²) < 4.78 is 6.78. The molecule has 0 bridgehead atoms. The maximum Gasteiger partial charge on any atom is 0.256 e. The van der Waals surface area contributed by atoms with E-state index >= 15 is 0 Å². The van der Waals surface area contributed by atoms with Crippen LogP contribution in [0.3, 0.4) is 0 Å². The minimum Gasteiger partial charge on any atom is -0.367 e. The Bertz CT molecular complexity index is 905. The second-order valence-corrected chi connectivity index (χ2v) is 8.16. The molecule has 0 unspecified atom stereocenters. The molecule has 26 heavy (non-hydrogen) atoms. The first-order valence-electron chi connectivity index (χ1n) is 8.54. The number of thiophene rings is 1. The Balaban J connectivity index is 1.59. The van der Waals surface area contributed by atoms with Crippen molar-refractivity contribution in [3.05, 3.63) is 70.3 Å². The predicted molar refractivity (Wildman–Crippen MR) is 105 cm³/mol. The number of carbonyl (C=O) groups is 1. The summed E-state index contributed by atoms with van der Waals surface area (Å²) in [6.07, 6.45) is 3.50. The van der Waals surface area contributed by atoms with Gasteiger partial charge < -0.3 is 14.6 Å². The summed E-state index contributed by atoms with van der Waals surface area (Å²) in [5, 5.41) is 0. The quantitative estimate of drug-likeness (QED) is 0.688. The van der Waals surface area contributed by atoms with Gasteiger partial charge in [-0.25, -0.2) is 0 Å². The highest BCUT2D eigenvalue weighted by Crippen LogP contribution is 2.34. The molecule has 134 valence electrons. The number of aromatic amines is 1. The molecule has 1 N–H and O–H groups in total. The van der Waals surface area contributed by atoms with E-state index in [-0.39, 0.29) is 18.1 Å². The highest BCUT2D eigenvalue weighted by molar-refractivity contribution is 7.19. The third-order valence-corrected chi connectivity index (χ3v) is 5.80. The molecule has 3 aromatic rings. The van der Waals surface area contributed by atoms with Crippen LogP contribution in [0.1, 0.15) is 28.9 Å². The molecule has 1 aliphatic heterocycles. The molecule has 4 rings (SSSR count). The van der Waals surface area contributed by atoms with Crippen LogP contribution in [0.15, 0.2) is 54.9 Å². The molecular weight excluding hydrogens is 368 g/mol. The number of rotatable bonds is 3. The smallest absolute Gasteiger partial charge is 0.256 e. The third kappa shape index (κ3) is 3.43. The number of amides is 1. The van der Waals surface area contributed by atoms with Gasteiger partial charge in [-0.1, -0.05) is 41.9 Å². The van der Waals surface area contributed by atoms with Gasteiger partial charge in [-0.3, -0.25) is 4.79 Å². The van der Waals surface area contributed by atoms with Gasteiger partial charge in [0, 0.05) is 29.4 Å². The van der Waals surface area contributed by atoms with Gasteiger partial charge in [0.15, 0.2) is 0 Å². The number of ether oxygens (including phenoxy) is 1. The summed E-state index contributed by atoms with van der Waals surface area (Å²) >= 11 is 7.53. The standard InChI is InChI=1S/C20H19ClN2O2S/c1-13-11-23(12-17(25-13)14-5-3-2-4-6-14)20(24)16-10-22-9-15(16)18-7-8-19(21)26-18/h2-10,13,17,22H,11-12H2,1H3/t13-,17+/m1/s1. The number of nitrogens with one attached hydrogen (secondary N) is 1. The second kappa shape index (κ2) is 7.27. The molecule has 1 saturated heterocycles. The highest BCUT2D eigenvalue weighted by atomic mass is 35.5. The molecule has 3 heterocycles. The van der Waals surface area contributed by atoms with E-state index in [1.165, 1.54) is 11.3 Å². The van der Waals surface area contributed by atoms with Crippen molar-refractivity contribution in [3.63, 3.8) is 0 Å². The zero-order valence-corrected chi connectivity index (χ0v) is 15.9. The number of carbonyl (C=O) groups excluding carboxylic acids is 1. The fourth-order valence-corrected chi connectivity index (χ4v) is 4.42. The average Bonchev–Trinajstić information content (AvgIpc) is 3.30. The first kappa shape index (κ1) is 17.3. The van der Waals surface area contributed by atoms with Gasteiger partial charge in [0.1, 0.15) is 6.10 Å². The number of H-pyrrole nitrogens is 1. The van der Waals surface area contributed by atoms with Crippen LogP contribution in [0, 0.1) is 0 Å². The largest absolute Gasteiger partial charge is 0.367 e. The van der Waals surface area contributed by atoms with Crippen LogP contribution in [0.5, 0.6) is 0 Å². The molecule has 0 saturated carbocycles. The molecular formula is C20H19ClN2O2S. The molecule has 0 aliphatic carbocycles. The van der Waals surface area contributed by atoms with Gasteiger partial charge in [-0.05, 0) is 24.6 Å². The molecule has 2 atom stereocenters. The molecule has 1 aliphatic rings. The Hall–Kier alpha value is -2.08. The maximum absolute atomic E-state index is 13.2. The van der Waals surface area contributed by atoms with Crippen LogP contribution in [-0.2, 0) is 4.74 Å². The fourth-order valence-electron chi connectivity index (χ4n) is 3.34. The summed E-state index contributed by atoms with van der Waals surface area (Å²) in [4.78, 5) is 19.1. The van der Waals surface area contributed by atoms with Crippen molar-refractivity contribution in [2.24, 2.45) is 0 Å². The zero-order chi connectivity index (χ0) is 18.1. The van der Waals surface area contributed by atoms with Crippen molar-refractivity contribution in [3.8, 4) is 10.4 Å². The van der Waals surface area contributed by atoms with Crippen molar-refractivity contribution >= 4 is 28.8 Å². The minimum absolute atomic E-state index is 0.0156. The molecule has 0 radical (unpaired) electrons. The third-order valence-electron chi connectivity index (χ3n) is 4.53. The van der Waals surface area contributed by atoms with E-state index < -0.39 is 0 Å². The number of morpholine rings is 1. The number of nitrogens with zero attached hydrogens (tertiary/aromatic N) is 1. The Labute approximate surface area is 161 Å². The zero-order valence-electron chi connectivity index (χ0n) is 14.3. The Morgan fingerprint density at radius 2 is 2.00 bits per heavy atom. The first-order valence-corrected chi connectivity index (χ1v) is 9.73. The fraction of sp³-hybridized carbons (Fsp3) is 0.250. The molecule has 0 spiro atoms. The van der Waals surface area contributed by atoms with Crippen molar-refractivity contribution in [1.82, 2.24) is 9.88 Å². The van der Waals surface area contributed by atoms with Crippen LogP contribution in [0.4, 0.5) is 0 Å². The van der Waals surface area contributed by atoms with Crippen molar-refractivity contribution in [1.29, 1.82) is 0 Å². The van der Waals surface area contributed by atoms with Crippen LogP contribution in [-0.4, -0.2) is 35.0 Å². The summed E-state index contributed by atoms with van der Waals surface area (Å²) in [6.45, 7) is 3.13. The van der Waals surface area contributed by atoms with E-state index in [0.717, 1.165) is 16.0 Å². The number of halogens is 1. The topological polar surface area (TPSA) is 45.3 Å². The molecule has 1 amide bonds. The lowest BCUT2D eigenvalue weighted by molar-refractivity contribution is -0.0691. The predicted octanol–water partition coefficient (Wildman–Crippen LogP) is 5.00. The maximum atomic E-state index is 13.2. The van der Waals surface area contributed by atoms with Crippen LogP contribution in [0.2, 0.25) is 4.34 Å². The summed E-state index contributed by atoms with van der Waals surface area (Å²) in [5.74, 6) is 0.0156. The van der Waals surface area contributed by atoms with Gasteiger partial charge in [0.05, 0.1) is 22.5 Å². The minimum atomic E-state index is -0.109. The van der Waals surface area contributed by atoms with Gasteiger partial charge in [-0.15, -0.1) is 11.3 Å². The van der Waals surface area contributed by atoms with E-state index in [2.05, 4.69) is 4.98 Å². The summed E-state index contributed by atoms with van der Waals surface area (Å²) in [5.41, 5.74) is 2.66. The Morgan fingerprint density at radius 1 is 1.19 bits per heavy atom. The lowest BCUT2D eigenvalue weighted by Crippen LogP contribution is -2.46. The lowest BCUT2D eigenvalue weighted by atomic mass is 10.1. The Morgan fingerprint density at radius 3 is 2.73 bits per heavy atom. The molecule has 6 heteroatoms. The lowest BCUT2D eigenvalue weighted by Gasteiger charge is -2.37. The molecule has 2 aromatic heterocycles. The van der Waals surface area contributed by atoms with E-state index in [1.807, 2.05) is 60.5 Å². The number of hydrogen-bond donors (Lipinski definition) is 1. The number of hydrogen-bond acceptors (Lipinski definition) is 3. The number of aromatic nitrogens is 1. The van der Waals surface area contributed by atoms with E-state index in [0.29, 0.717) is 23.0 Å². The molecule has 1 fully saturated rings. The summed E-state index contributed by atoms with van der Waals surface area (Å²) in [7, 11) is 0. The normalized spacial score (nSPS) is 20.3. The van der Waals surface area contributed by atoms with Crippen molar-refractivity contribution < 1.29 is 9.53 Å². The van der Waals surface area contributed by atoms with E-state index in [1.54, 1.807) is 6.20 Å². The van der Waals surface area contributed by atoms with Crippen LogP contribution in [0.25, 0.3) is 10.4 Å². The SMILES string of the molecule is C[C@@H]1CN(C(=O)c2c[nH]cc2-c2ccc(Cl)s2)C[C@@H](c2ccccc2)O1. The van der Waals surface area contributed by atoms with Gasteiger partial charge in [-0.2, -0.15) is 0 Å². The van der Waals surface area contributed by atoms with Gasteiger partial charge in [0.25, 0.3) is 5.91 Å². The molecule has 4 nitrogen and oxygen atoms in total. The van der Waals surface area contributed by atoms with Crippen LogP contribution >= 0.6 is 22.9 Å². The van der Waals surface area contributed by atoms with Crippen molar-refractivity contribution in [2.75, 3.05) is 13.1 Å². The second-order valence-electron chi connectivity index (χ2n) is 6.44. The average molecular weight is 387 g/mol. The molecule has 1 aromatic carbocycles. The summed E-state index contributed by atoms with van der Waals surface area (Å²) in [6, 6.07) is 13.9. The first-order chi connectivity index (χ1) is 12.6. The van der Waals surface area contributed by atoms with Gasteiger partial charge in [0.2, 0.25) is 0 Å². The monoisotopic (exact) mass is 386 g/mol. The highest BCUT2D eigenvalue weighted by Gasteiger charge is 2.31. The van der Waals surface area contributed by atoms with E-state index in [4.69, 9.17) is 16.3 Å². The van der Waals surface area contributed by atoms with E-state index in [9.17, 15) is 4.79 Å². The van der Waals surface area contributed by atoms with Gasteiger partial charge >= 0.3 is 0 Å². The number of benzene rings is 1.